The molecule has 0 N–H and O–H groups in total. The van der Waals surface area contributed by atoms with Crippen LogP contribution in [0.15, 0.2) is 17.4 Å². The fourth-order valence-electron chi connectivity index (χ4n) is 2.04. The van der Waals surface area contributed by atoms with Crippen LogP contribution in [0.2, 0.25) is 0 Å². The molecule has 0 bridgehead atoms. The minimum atomic E-state index is -1.11. The minimum Gasteiger partial charge on any atom is -0.259 e. The van der Waals surface area contributed by atoms with E-state index in [2.05, 4.69) is 15.0 Å². The van der Waals surface area contributed by atoms with Gasteiger partial charge in [0, 0.05) is 12.4 Å². The second kappa shape index (κ2) is 4.99. The van der Waals surface area contributed by atoms with E-state index in [4.69, 9.17) is 17.5 Å². The smallest absolute Gasteiger partial charge is 0.259 e. The number of hydrogen-bond acceptors (Lipinski definition) is 6. The van der Waals surface area contributed by atoms with Crippen LogP contribution in [0, 0.1) is 21.4 Å². The summed E-state index contributed by atoms with van der Waals surface area (Å²) in [4.78, 5) is 23.0. The van der Waals surface area contributed by atoms with Gasteiger partial charge in [0.25, 0.3) is 5.84 Å². The third-order valence-electron chi connectivity index (χ3n) is 3.30. The van der Waals surface area contributed by atoms with Gasteiger partial charge in [-0.3, -0.25) is 10.1 Å². The molecular formula is C11H11N6O2S+. The summed E-state index contributed by atoms with van der Waals surface area (Å²) in [5.74, 6) is 0.601. The van der Waals surface area contributed by atoms with Crippen LogP contribution in [0.4, 0.5) is 0 Å². The number of likely N-dealkylation sites (N-methyl/N-ethyl adjacent to an activating group) is 1. The summed E-state index contributed by atoms with van der Waals surface area (Å²) >= 11 is 5.00. The average Bonchev–Trinajstić information content (AvgIpc) is 2.71. The maximum Gasteiger partial charge on any atom is 0.395 e. The van der Waals surface area contributed by atoms with Crippen molar-refractivity contribution < 1.29 is 9.41 Å². The highest BCUT2D eigenvalue weighted by molar-refractivity contribution is 7.80. The molecule has 2 atom stereocenters. The molecule has 0 saturated carbocycles. The molecular weight excluding hydrogens is 280 g/mol. The number of aliphatic imine (C=N–C) groups is 1. The van der Waals surface area contributed by atoms with E-state index in [1.807, 2.05) is 13.0 Å². The van der Waals surface area contributed by atoms with Crippen molar-refractivity contribution >= 4 is 23.0 Å². The number of amidine groups is 1. The van der Waals surface area contributed by atoms with Crippen LogP contribution < -0.4 is 0 Å². The summed E-state index contributed by atoms with van der Waals surface area (Å²) in [6.07, 6.45) is 1.60. The van der Waals surface area contributed by atoms with Crippen molar-refractivity contribution in [2.45, 2.75) is 13.1 Å². The average molecular weight is 291 g/mol. The molecule has 1 aliphatic heterocycles. The lowest BCUT2D eigenvalue weighted by atomic mass is 10.3. The van der Waals surface area contributed by atoms with Crippen LogP contribution >= 0.6 is 12.2 Å². The maximum absolute atomic E-state index is 11.2. The van der Waals surface area contributed by atoms with Crippen LogP contribution in [0.5, 0.6) is 0 Å². The standard InChI is InChI=1S/C11H11N6O2S/c1-3-17(2)9(15-10(20)11(17)16(18)19)8-13-5-7(4-12)6-14-8/h5-6,11H,3H2,1-2H3/q+1. The molecule has 2 unspecified atom stereocenters. The minimum absolute atomic E-state index is 0.0160. The summed E-state index contributed by atoms with van der Waals surface area (Å²) in [6, 6.07) is 1.91. The Balaban J connectivity index is 2.50. The van der Waals surface area contributed by atoms with Gasteiger partial charge in [-0.05, 0) is 19.1 Å². The topological polar surface area (TPSA) is 105 Å². The fourth-order valence-corrected chi connectivity index (χ4v) is 2.44. The monoisotopic (exact) mass is 291 g/mol. The lowest BCUT2D eigenvalue weighted by molar-refractivity contribution is -0.921. The number of quaternary nitrogens is 1. The number of nitro groups is 1. The zero-order valence-electron chi connectivity index (χ0n) is 10.8. The molecule has 8 nitrogen and oxygen atoms in total. The molecule has 2 rings (SSSR count). The first-order chi connectivity index (χ1) is 9.43. The van der Waals surface area contributed by atoms with E-state index >= 15 is 0 Å². The van der Waals surface area contributed by atoms with E-state index in [1.165, 1.54) is 12.4 Å². The molecule has 1 aromatic heterocycles. The quantitative estimate of drug-likeness (QED) is 0.347. The Morgan fingerprint density at radius 2 is 2.15 bits per heavy atom. The molecule has 0 aromatic carbocycles. The van der Waals surface area contributed by atoms with Crippen LogP contribution in [0.1, 0.15) is 18.3 Å². The van der Waals surface area contributed by atoms with Gasteiger partial charge in [0.1, 0.15) is 6.07 Å². The molecule has 0 spiro atoms. The lowest BCUT2D eigenvalue weighted by Gasteiger charge is -2.28. The van der Waals surface area contributed by atoms with Crippen LogP contribution in [0.3, 0.4) is 0 Å². The van der Waals surface area contributed by atoms with Crippen LogP contribution in [0.25, 0.3) is 0 Å². The molecule has 0 fully saturated rings. The fraction of sp³-hybridized carbons (Fsp3) is 0.364. The molecule has 2 heterocycles. The summed E-state index contributed by atoms with van der Waals surface area (Å²) in [6.45, 7) is 2.23. The zero-order chi connectivity index (χ0) is 14.9. The van der Waals surface area contributed by atoms with Crippen molar-refractivity contribution in [1.29, 1.82) is 5.26 Å². The van der Waals surface area contributed by atoms with Gasteiger partial charge in [-0.25, -0.2) is 14.5 Å². The highest BCUT2D eigenvalue weighted by atomic mass is 32.1. The van der Waals surface area contributed by atoms with Crippen molar-refractivity contribution in [3.8, 4) is 6.07 Å². The van der Waals surface area contributed by atoms with Gasteiger partial charge in [0.05, 0.1) is 24.1 Å². The second-order valence-corrected chi connectivity index (χ2v) is 4.84. The SMILES string of the molecule is CC[N+]1(C)C(c2ncc(C#N)cn2)=NC(=S)C1[N+](=O)[O-]. The molecule has 20 heavy (non-hydrogen) atoms. The van der Waals surface area contributed by atoms with Gasteiger partial charge in [-0.15, -0.1) is 0 Å². The van der Waals surface area contributed by atoms with Gasteiger partial charge in [-0.1, -0.05) is 0 Å². The number of nitrogens with zero attached hydrogens (tertiary/aromatic N) is 6. The molecule has 102 valence electrons. The highest BCUT2D eigenvalue weighted by Crippen LogP contribution is 2.24. The first-order valence-electron chi connectivity index (χ1n) is 5.78. The van der Waals surface area contributed by atoms with Crippen LogP contribution in [-0.2, 0) is 0 Å². The lowest BCUT2D eigenvalue weighted by Crippen LogP contribution is -2.58. The van der Waals surface area contributed by atoms with Gasteiger partial charge in [0.2, 0.25) is 10.8 Å². The van der Waals surface area contributed by atoms with E-state index in [1.54, 1.807) is 7.05 Å². The number of rotatable bonds is 3. The summed E-state index contributed by atoms with van der Waals surface area (Å²) in [5.41, 5.74) is 0.312. The van der Waals surface area contributed by atoms with Gasteiger partial charge in [0.15, 0.2) is 0 Å². The number of hydrogen-bond donors (Lipinski definition) is 0. The molecule has 0 amide bonds. The first kappa shape index (κ1) is 14.1. The predicted octanol–water partition coefficient (Wildman–Crippen LogP) is 0.505. The third-order valence-corrected chi connectivity index (χ3v) is 3.60. The molecule has 9 heteroatoms. The van der Waals surface area contributed by atoms with E-state index in [0.29, 0.717) is 17.9 Å². The Hall–Kier alpha value is -2.31. The van der Waals surface area contributed by atoms with Gasteiger partial charge < -0.3 is 0 Å². The Labute approximate surface area is 120 Å². The number of nitriles is 1. The summed E-state index contributed by atoms with van der Waals surface area (Å²) < 4.78 is -0.0856. The number of thiocarbonyl (C=S) groups is 1. The molecule has 0 aliphatic carbocycles. The summed E-state index contributed by atoms with van der Waals surface area (Å²) in [5, 5.41) is 19.9. The Morgan fingerprint density at radius 3 is 2.60 bits per heavy atom. The zero-order valence-corrected chi connectivity index (χ0v) is 11.7. The maximum atomic E-state index is 11.2. The van der Waals surface area contributed by atoms with E-state index < -0.39 is 11.1 Å². The number of aromatic nitrogens is 2. The van der Waals surface area contributed by atoms with E-state index in [9.17, 15) is 10.1 Å². The Morgan fingerprint density at radius 1 is 1.55 bits per heavy atom. The third kappa shape index (κ3) is 2.04. The van der Waals surface area contributed by atoms with Crippen molar-refractivity contribution in [1.82, 2.24) is 9.97 Å². The van der Waals surface area contributed by atoms with Gasteiger partial charge >= 0.3 is 6.17 Å². The Bertz CT molecular complexity index is 650. The largest absolute Gasteiger partial charge is 0.395 e. The van der Waals surface area contributed by atoms with Crippen molar-refractivity contribution in [3.63, 3.8) is 0 Å². The normalized spacial score (nSPS) is 25.1. The van der Waals surface area contributed by atoms with Crippen molar-refractivity contribution in [2.24, 2.45) is 4.99 Å². The van der Waals surface area contributed by atoms with Crippen molar-refractivity contribution in [2.75, 3.05) is 13.6 Å². The van der Waals surface area contributed by atoms with Crippen molar-refractivity contribution in [3.05, 3.63) is 33.9 Å². The molecule has 1 aliphatic rings. The predicted molar refractivity (Wildman–Crippen MR) is 73.4 cm³/mol. The van der Waals surface area contributed by atoms with Gasteiger partial charge in [-0.2, -0.15) is 10.3 Å². The van der Waals surface area contributed by atoms with E-state index in [-0.39, 0.29) is 15.3 Å². The summed E-state index contributed by atoms with van der Waals surface area (Å²) in [7, 11) is 1.67. The first-order valence-corrected chi connectivity index (χ1v) is 6.19. The molecule has 1 aromatic rings. The highest BCUT2D eigenvalue weighted by Gasteiger charge is 2.55. The molecule has 0 radical (unpaired) electrons. The molecule has 0 saturated heterocycles. The Kier molecular flexibility index (Phi) is 3.52. The van der Waals surface area contributed by atoms with E-state index in [0.717, 1.165) is 0 Å². The second-order valence-electron chi connectivity index (χ2n) is 4.42. The van der Waals surface area contributed by atoms with Crippen LogP contribution in [-0.4, -0.2) is 50.0 Å².